The summed E-state index contributed by atoms with van der Waals surface area (Å²) in [5.74, 6) is -0.343. The summed E-state index contributed by atoms with van der Waals surface area (Å²) in [6.07, 6.45) is 3.23. The molecule has 0 fully saturated rings. The molecule has 8 heteroatoms. The fourth-order valence-corrected chi connectivity index (χ4v) is 3.00. The van der Waals surface area contributed by atoms with Gasteiger partial charge in [-0.1, -0.05) is 48.5 Å². The first-order valence-electron chi connectivity index (χ1n) is 9.40. The van der Waals surface area contributed by atoms with Gasteiger partial charge >= 0.3 is 0 Å². The number of amides is 1. The van der Waals surface area contributed by atoms with Crippen molar-refractivity contribution in [2.45, 2.75) is 0 Å². The Morgan fingerprint density at radius 1 is 1.00 bits per heavy atom. The van der Waals surface area contributed by atoms with Gasteiger partial charge in [-0.15, -0.1) is 0 Å². The van der Waals surface area contributed by atoms with Crippen LogP contribution in [0.15, 0.2) is 96.2 Å². The maximum Gasteiger partial charge on any atom is 0.271 e. The van der Waals surface area contributed by atoms with Crippen LogP contribution in [0.25, 0.3) is 16.9 Å². The Morgan fingerprint density at radius 3 is 2.42 bits per heavy atom. The van der Waals surface area contributed by atoms with Gasteiger partial charge in [0.25, 0.3) is 11.6 Å². The van der Waals surface area contributed by atoms with E-state index in [1.807, 2.05) is 36.4 Å². The van der Waals surface area contributed by atoms with Crippen molar-refractivity contribution in [1.82, 2.24) is 15.2 Å². The van der Waals surface area contributed by atoms with Crippen LogP contribution in [-0.2, 0) is 0 Å². The van der Waals surface area contributed by atoms with E-state index in [9.17, 15) is 14.9 Å². The molecule has 1 heterocycles. The van der Waals surface area contributed by atoms with Crippen LogP contribution in [0.3, 0.4) is 0 Å². The van der Waals surface area contributed by atoms with Gasteiger partial charge in [-0.3, -0.25) is 14.9 Å². The molecule has 0 bridgehead atoms. The number of aromatic nitrogens is 2. The summed E-state index contributed by atoms with van der Waals surface area (Å²) < 4.78 is 1.66. The van der Waals surface area contributed by atoms with Gasteiger partial charge in [0, 0.05) is 35.0 Å². The highest BCUT2D eigenvalue weighted by Crippen LogP contribution is 2.26. The molecule has 0 unspecified atom stereocenters. The summed E-state index contributed by atoms with van der Waals surface area (Å²) in [6, 6.07) is 24.4. The fourth-order valence-electron chi connectivity index (χ4n) is 3.00. The first kappa shape index (κ1) is 19.7. The first-order valence-corrected chi connectivity index (χ1v) is 9.40. The number of nitro benzene ring substituents is 1. The molecular formula is C23H17N5O3. The van der Waals surface area contributed by atoms with Crippen molar-refractivity contribution >= 4 is 17.8 Å². The Hall–Kier alpha value is -4.59. The number of nitrogens with zero attached hydrogens (tertiary/aromatic N) is 4. The Kier molecular flexibility index (Phi) is 5.62. The number of hydrogen-bond donors (Lipinski definition) is 1. The highest BCUT2D eigenvalue weighted by atomic mass is 16.6. The number of hydrogen-bond acceptors (Lipinski definition) is 5. The van der Waals surface area contributed by atoms with Crippen molar-refractivity contribution in [3.05, 3.63) is 112 Å². The highest BCUT2D eigenvalue weighted by Gasteiger charge is 2.14. The predicted octanol–water partition coefficient (Wildman–Crippen LogP) is 4.21. The lowest BCUT2D eigenvalue weighted by molar-refractivity contribution is -0.384. The minimum atomic E-state index is -0.453. The van der Waals surface area contributed by atoms with E-state index in [0.29, 0.717) is 22.4 Å². The molecule has 0 spiro atoms. The minimum Gasteiger partial charge on any atom is -0.267 e. The normalized spacial score (nSPS) is 10.8. The first-order chi connectivity index (χ1) is 15.1. The Bertz CT molecular complexity index is 1250. The Morgan fingerprint density at radius 2 is 1.71 bits per heavy atom. The molecule has 8 nitrogen and oxygen atoms in total. The van der Waals surface area contributed by atoms with E-state index in [2.05, 4.69) is 15.6 Å². The molecule has 0 saturated heterocycles. The van der Waals surface area contributed by atoms with Crippen molar-refractivity contribution in [2.75, 3.05) is 0 Å². The second-order valence-electron chi connectivity index (χ2n) is 6.59. The zero-order chi connectivity index (χ0) is 21.6. The summed E-state index contributed by atoms with van der Waals surface area (Å²) in [7, 11) is 0. The van der Waals surface area contributed by atoms with Crippen LogP contribution in [0.1, 0.15) is 15.9 Å². The third-order valence-electron chi connectivity index (χ3n) is 4.50. The number of non-ortho nitro benzene ring substituents is 1. The van der Waals surface area contributed by atoms with Gasteiger partial charge in [0.1, 0.15) is 5.69 Å². The maximum atomic E-state index is 12.2. The van der Waals surface area contributed by atoms with Gasteiger partial charge in [-0.05, 0) is 24.3 Å². The van der Waals surface area contributed by atoms with Crippen molar-refractivity contribution in [2.24, 2.45) is 5.10 Å². The molecule has 1 aromatic heterocycles. The van der Waals surface area contributed by atoms with E-state index in [1.165, 1.54) is 18.3 Å². The van der Waals surface area contributed by atoms with Gasteiger partial charge < -0.3 is 0 Å². The molecule has 0 radical (unpaired) electrons. The summed E-state index contributed by atoms with van der Waals surface area (Å²) in [6.45, 7) is 0. The summed E-state index contributed by atoms with van der Waals surface area (Å²) in [4.78, 5) is 22.9. The van der Waals surface area contributed by atoms with Crippen LogP contribution in [0.5, 0.6) is 0 Å². The molecule has 4 rings (SSSR count). The second-order valence-corrected chi connectivity index (χ2v) is 6.59. The number of benzene rings is 3. The molecule has 31 heavy (non-hydrogen) atoms. The quantitative estimate of drug-likeness (QED) is 0.292. The number of hydrazone groups is 1. The minimum absolute atomic E-state index is 0.0352. The van der Waals surface area contributed by atoms with Crippen LogP contribution in [-0.4, -0.2) is 26.8 Å². The van der Waals surface area contributed by atoms with Crippen LogP contribution in [0.4, 0.5) is 5.69 Å². The van der Waals surface area contributed by atoms with Gasteiger partial charge in [-0.2, -0.15) is 10.2 Å². The zero-order valence-electron chi connectivity index (χ0n) is 16.3. The molecule has 0 atom stereocenters. The topological polar surface area (TPSA) is 102 Å². The van der Waals surface area contributed by atoms with E-state index >= 15 is 0 Å². The van der Waals surface area contributed by atoms with Crippen LogP contribution in [0.2, 0.25) is 0 Å². The lowest BCUT2D eigenvalue weighted by Gasteiger charge is -2.01. The third-order valence-corrected chi connectivity index (χ3v) is 4.50. The molecule has 0 aliphatic heterocycles. The molecule has 152 valence electrons. The largest absolute Gasteiger partial charge is 0.271 e. The molecule has 0 aliphatic carbocycles. The average Bonchev–Trinajstić information content (AvgIpc) is 3.24. The average molecular weight is 411 g/mol. The summed E-state index contributed by atoms with van der Waals surface area (Å²) in [5, 5.41) is 19.8. The van der Waals surface area contributed by atoms with E-state index in [0.717, 1.165) is 5.69 Å². The number of para-hydroxylation sites is 1. The van der Waals surface area contributed by atoms with Crippen molar-refractivity contribution < 1.29 is 9.72 Å². The number of carbonyl (C=O) groups is 1. The number of nitro groups is 1. The second kappa shape index (κ2) is 8.83. The van der Waals surface area contributed by atoms with Crippen molar-refractivity contribution in [3.8, 4) is 16.9 Å². The van der Waals surface area contributed by atoms with Crippen molar-refractivity contribution in [1.29, 1.82) is 0 Å². The molecular weight excluding hydrogens is 394 g/mol. The van der Waals surface area contributed by atoms with Crippen LogP contribution in [0, 0.1) is 10.1 Å². The Labute approximate surface area is 177 Å². The molecule has 1 amide bonds. The molecule has 1 N–H and O–H groups in total. The van der Waals surface area contributed by atoms with Crippen molar-refractivity contribution in [3.63, 3.8) is 0 Å². The smallest absolute Gasteiger partial charge is 0.267 e. The maximum absolute atomic E-state index is 12.2. The predicted molar refractivity (Wildman–Crippen MR) is 117 cm³/mol. The van der Waals surface area contributed by atoms with E-state index in [-0.39, 0.29) is 11.6 Å². The highest BCUT2D eigenvalue weighted by molar-refractivity contribution is 5.95. The van der Waals surface area contributed by atoms with Crippen LogP contribution < -0.4 is 5.43 Å². The molecule has 3 aromatic carbocycles. The summed E-state index contributed by atoms with van der Waals surface area (Å²) >= 11 is 0. The third kappa shape index (κ3) is 4.54. The summed E-state index contributed by atoms with van der Waals surface area (Å²) in [5.41, 5.74) is 5.43. The fraction of sp³-hybridized carbons (Fsp3) is 0. The molecule has 4 aromatic rings. The van der Waals surface area contributed by atoms with E-state index < -0.39 is 4.92 Å². The molecule has 0 saturated carbocycles. The SMILES string of the molecule is O=C(N/N=C/c1cn(-c2ccccc2)nc1-c1cccc([N+](=O)[O-])c1)c1ccccc1. The standard InChI is InChI=1S/C23H17N5O3/c29-23(17-8-3-1-4-9-17)25-24-15-19-16-27(20-11-5-2-6-12-20)26-22(19)18-10-7-13-21(14-18)28(30)31/h1-16H,(H,25,29)/b24-15+. The van der Waals surface area contributed by atoms with Gasteiger partial charge in [0.15, 0.2) is 0 Å². The Balaban J connectivity index is 1.68. The van der Waals surface area contributed by atoms with Gasteiger partial charge in [0.05, 0.1) is 16.8 Å². The van der Waals surface area contributed by atoms with Crippen LogP contribution >= 0.6 is 0 Å². The van der Waals surface area contributed by atoms with Gasteiger partial charge in [-0.25, -0.2) is 10.1 Å². The molecule has 0 aliphatic rings. The number of carbonyl (C=O) groups excluding carboxylic acids is 1. The van der Waals surface area contributed by atoms with E-state index in [1.54, 1.807) is 47.3 Å². The lowest BCUT2D eigenvalue weighted by Crippen LogP contribution is -2.17. The van der Waals surface area contributed by atoms with E-state index in [4.69, 9.17) is 0 Å². The zero-order valence-corrected chi connectivity index (χ0v) is 16.3. The number of nitrogens with one attached hydrogen (secondary N) is 1. The monoisotopic (exact) mass is 411 g/mol. The van der Waals surface area contributed by atoms with Gasteiger partial charge in [0.2, 0.25) is 0 Å². The number of rotatable bonds is 6. The lowest BCUT2D eigenvalue weighted by atomic mass is 10.1.